The van der Waals surface area contributed by atoms with Crippen LogP contribution in [-0.2, 0) is 23.8 Å². The summed E-state index contributed by atoms with van der Waals surface area (Å²) in [6.45, 7) is 6.21. The number of hydrogen-bond donors (Lipinski definition) is 2. The summed E-state index contributed by atoms with van der Waals surface area (Å²) in [5, 5.41) is 8.96. The third-order valence-electron chi connectivity index (χ3n) is 7.34. The number of esters is 1. The van der Waals surface area contributed by atoms with Gasteiger partial charge in [0.05, 0.1) is 6.10 Å². The molecule has 0 radical (unpaired) electrons. The molecule has 1 heterocycles. The Bertz CT molecular complexity index is 719. The van der Waals surface area contributed by atoms with Crippen LogP contribution < -0.4 is 5.73 Å². The van der Waals surface area contributed by atoms with Gasteiger partial charge in [-0.2, -0.15) is 0 Å². The molecule has 0 aromatic heterocycles. The van der Waals surface area contributed by atoms with Gasteiger partial charge in [0, 0.05) is 25.6 Å². The molecule has 0 saturated heterocycles. The smallest absolute Gasteiger partial charge is 0.306 e. The minimum atomic E-state index is -1.22. The number of carbonyl (C=O) groups excluding carboxylic acids is 2. The number of aliphatic imine (C=N–C) groups is 1. The second kappa shape index (κ2) is 11.8. The Hall–Kier alpha value is -1.67. The van der Waals surface area contributed by atoms with Crippen LogP contribution in [0.1, 0.15) is 97.8 Å². The van der Waals surface area contributed by atoms with Gasteiger partial charge >= 0.3 is 5.97 Å². The van der Waals surface area contributed by atoms with Crippen molar-refractivity contribution in [3.05, 3.63) is 0 Å². The third-order valence-corrected chi connectivity index (χ3v) is 7.34. The molecule has 0 aromatic carbocycles. The second-order valence-corrected chi connectivity index (χ2v) is 11.2. The molecule has 3 rings (SSSR count). The lowest BCUT2D eigenvalue weighted by molar-refractivity contribution is -0.155. The van der Waals surface area contributed by atoms with Crippen molar-refractivity contribution in [3.63, 3.8) is 0 Å². The highest BCUT2D eigenvalue weighted by Gasteiger charge is 2.55. The first-order valence-corrected chi connectivity index (χ1v) is 13.2. The first-order valence-electron chi connectivity index (χ1n) is 13.2. The van der Waals surface area contributed by atoms with Gasteiger partial charge in [0.15, 0.2) is 11.4 Å². The molecule has 3 N–H and O–H groups in total. The highest BCUT2D eigenvalue weighted by atomic mass is 16.6. The zero-order valence-electron chi connectivity index (χ0n) is 21.2. The summed E-state index contributed by atoms with van der Waals surface area (Å²) in [5.41, 5.74) is 4.20. The number of nitrogens with zero attached hydrogens (tertiary/aromatic N) is 1. The summed E-state index contributed by atoms with van der Waals surface area (Å²) in [6.07, 6.45) is 9.64. The van der Waals surface area contributed by atoms with Crippen molar-refractivity contribution in [2.45, 2.75) is 121 Å². The van der Waals surface area contributed by atoms with E-state index in [4.69, 9.17) is 30.0 Å². The molecule has 3 aliphatic rings. The molecule has 2 aliphatic carbocycles. The number of aliphatic hydroxyl groups is 1. The largest absolute Gasteiger partial charge is 0.474 e. The van der Waals surface area contributed by atoms with Crippen LogP contribution in [0.25, 0.3) is 0 Å². The average molecular weight is 481 g/mol. The minimum absolute atomic E-state index is 0.0784. The fourth-order valence-corrected chi connectivity index (χ4v) is 5.62. The van der Waals surface area contributed by atoms with E-state index in [9.17, 15) is 9.59 Å². The van der Waals surface area contributed by atoms with Crippen molar-refractivity contribution in [1.29, 1.82) is 0 Å². The van der Waals surface area contributed by atoms with Crippen molar-refractivity contribution in [1.82, 2.24) is 0 Å². The molecule has 0 aromatic rings. The van der Waals surface area contributed by atoms with Gasteiger partial charge in [0.1, 0.15) is 11.7 Å². The molecule has 0 unspecified atom stereocenters. The summed E-state index contributed by atoms with van der Waals surface area (Å²) in [6, 6.07) is 0. The maximum atomic E-state index is 12.9. The predicted molar refractivity (Wildman–Crippen MR) is 129 cm³/mol. The lowest BCUT2D eigenvalue weighted by Gasteiger charge is -2.36. The van der Waals surface area contributed by atoms with Gasteiger partial charge in [-0.25, -0.2) is 4.99 Å². The van der Waals surface area contributed by atoms with Crippen LogP contribution >= 0.6 is 0 Å². The van der Waals surface area contributed by atoms with Gasteiger partial charge in [0.25, 0.3) is 0 Å². The summed E-state index contributed by atoms with van der Waals surface area (Å²) >= 11 is 0. The summed E-state index contributed by atoms with van der Waals surface area (Å²) in [5.74, 6) is 0.112. The van der Waals surface area contributed by atoms with E-state index in [0.29, 0.717) is 18.9 Å². The Morgan fingerprint density at radius 2 is 1.79 bits per heavy atom. The standard InChI is InChI=1S/C26H44N2O6/c1-25(2,3)34-21(30)14-15-26(24(27)31)22(18-8-5-4-6-9-18)33-23(28-26)19-10-12-20(13-11-19)32-17-7-16-29/h18-20,22,29H,4-17H2,1-3H3,(H2,27,31)/t19?,20?,22-,26-/m0/s1. The topological polar surface area (TPSA) is 120 Å². The van der Waals surface area contributed by atoms with Crippen LogP contribution in [0.4, 0.5) is 0 Å². The van der Waals surface area contributed by atoms with Crippen LogP contribution in [0.5, 0.6) is 0 Å². The van der Waals surface area contributed by atoms with E-state index >= 15 is 0 Å². The van der Waals surface area contributed by atoms with E-state index in [2.05, 4.69) is 0 Å². The van der Waals surface area contributed by atoms with Crippen LogP contribution in [-0.4, -0.2) is 59.4 Å². The number of hydrogen-bond acceptors (Lipinski definition) is 7. The normalized spacial score (nSPS) is 30.5. The van der Waals surface area contributed by atoms with E-state index < -0.39 is 23.2 Å². The zero-order chi connectivity index (χ0) is 24.8. The summed E-state index contributed by atoms with van der Waals surface area (Å²) in [4.78, 5) is 30.3. The van der Waals surface area contributed by atoms with Crippen molar-refractivity contribution in [2.75, 3.05) is 13.2 Å². The Labute approximate surface area is 204 Å². The highest BCUT2D eigenvalue weighted by molar-refractivity contribution is 5.93. The lowest BCUT2D eigenvalue weighted by Crippen LogP contribution is -2.53. The maximum absolute atomic E-state index is 12.9. The maximum Gasteiger partial charge on any atom is 0.306 e. The molecule has 1 amide bonds. The van der Waals surface area contributed by atoms with Crippen LogP contribution in [0, 0.1) is 11.8 Å². The molecule has 2 fully saturated rings. The number of ether oxygens (including phenoxy) is 3. The van der Waals surface area contributed by atoms with Crippen molar-refractivity contribution in [3.8, 4) is 0 Å². The zero-order valence-corrected chi connectivity index (χ0v) is 21.2. The van der Waals surface area contributed by atoms with Gasteiger partial charge in [-0.05, 0) is 78.1 Å². The number of carbonyl (C=O) groups is 2. The van der Waals surface area contributed by atoms with Gasteiger partial charge in [0.2, 0.25) is 5.91 Å². The fourth-order valence-electron chi connectivity index (χ4n) is 5.62. The average Bonchev–Trinajstić information content (AvgIpc) is 3.19. The lowest BCUT2D eigenvalue weighted by atomic mass is 9.75. The molecule has 1 aliphatic heterocycles. The molecule has 8 heteroatoms. The third kappa shape index (κ3) is 6.94. The molecular weight excluding hydrogens is 436 g/mol. The molecule has 194 valence electrons. The Morgan fingerprint density at radius 3 is 2.38 bits per heavy atom. The van der Waals surface area contributed by atoms with E-state index in [-0.39, 0.29) is 43.4 Å². The number of aliphatic hydroxyl groups excluding tert-OH is 1. The van der Waals surface area contributed by atoms with Crippen LogP contribution in [0.15, 0.2) is 4.99 Å². The molecular formula is C26H44N2O6. The van der Waals surface area contributed by atoms with Crippen LogP contribution in [0.2, 0.25) is 0 Å². The van der Waals surface area contributed by atoms with E-state index in [1.807, 2.05) is 20.8 Å². The molecule has 2 saturated carbocycles. The predicted octanol–water partition coefficient (Wildman–Crippen LogP) is 3.67. The number of primary amides is 1. The highest BCUT2D eigenvalue weighted by Crippen LogP contribution is 2.43. The van der Waals surface area contributed by atoms with Gasteiger partial charge in [-0.3, -0.25) is 9.59 Å². The van der Waals surface area contributed by atoms with Gasteiger partial charge < -0.3 is 25.1 Å². The SMILES string of the molecule is CC(C)(C)OC(=O)CC[C@]1(C(N)=O)N=C(C2CCC(OCCCO)CC2)O[C@H]1C1CCCCC1. The van der Waals surface area contributed by atoms with Gasteiger partial charge in [-0.1, -0.05) is 19.3 Å². The number of amides is 1. The minimum Gasteiger partial charge on any atom is -0.474 e. The van der Waals surface area contributed by atoms with E-state index in [1.54, 1.807) is 0 Å². The first-order chi connectivity index (χ1) is 16.1. The van der Waals surface area contributed by atoms with Gasteiger partial charge in [-0.15, -0.1) is 0 Å². The van der Waals surface area contributed by atoms with Crippen molar-refractivity contribution >= 4 is 17.8 Å². The first kappa shape index (κ1) is 26.9. The summed E-state index contributed by atoms with van der Waals surface area (Å²) < 4.78 is 17.9. The fraction of sp³-hybridized carbons (Fsp3) is 0.885. The van der Waals surface area contributed by atoms with Crippen molar-refractivity contribution in [2.24, 2.45) is 22.6 Å². The number of rotatable bonds is 10. The number of nitrogens with two attached hydrogens (primary N) is 1. The van der Waals surface area contributed by atoms with E-state index in [1.165, 1.54) is 6.42 Å². The summed E-state index contributed by atoms with van der Waals surface area (Å²) in [7, 11) is 0. The van der Waals surface area contributed by atoms with Crippen molar-refractivity contribution < 1.29 is 28.9 Å². The van der Waals surface area contributed by atoms with E-state index in [0.717, 1.165) is 51.4 Å². The molecule has 8 nitrogen and oxygen atoms in total. The Balaban J connectivity index is 1.74. The molecule has 0 bridgehead atoms. The van der Waals surface area contributed by atoms with Crippen LogP contribution in [0.3, 0.4) is 0 Å². The quantitative estimate of drug-likeness (QED) is 0.364. The molecule has 34 heavy (non-hydrogen) atoms. The monoisotopic (exact) mass is 480 g/mol. The molecule has 0 spiro atoms. The Kier molecular flexibility index (Phi) is 9.38. The second-order valence-electron chi connectivity index (χ2n) is 11.2. The molecule has 2 atom stereocenters. The Morgan fingerprint density at radius 1 is 1.12 bits per heavy atom.